The lowest BCUT2D eigenvalue weighted by atomic mass is 10.1. The van der Waals surface area contributed by atoms with Crippen LogP contribution in [0, 0.1) is 5.92 Å². The van der Waals surface area contributed by atoms with E-state index in [1.807, 2.05) is 0 Å². The minimum atomic E-state index is 0.00834. The van der Waals surface area contributed by atoms with E-state index >= 15 is 0 Å². The highest BCUT2D eigenvalue weighted by Gasteiger charge is 2.28. The second kappa shape index (κ2) is 13.1. The number of allylic oxidation sites excluding steroid dienone is 4. The van der Waals surface area contributed by atoms with Gasteiger partial charge < -0.3 is 5.11 Å². The van der Waals surface area contributed by atoms with E-state index < -0.39 is 0 Å². The van der Waals surface area contributed by atoms with Gasteiger partial charge in [0.15, 0.2) is 0 Å². The normalized spacial score (nSPS) is 17.0. The fourth-order valence-electron chi connectivity index (χ4n) is 2.70. The lowest BCUT2D eigenvalue weighted by Crippen LogP contribution is -2.08. The summed E-state index contributed by atoms with van der Waals surface area (Å²) in [6, 6.07) is 0. The average Bonchev–Trinajstić information content (AvgIpc) is 3.32. The molecular formula is C20H36O. The number of unbranched alkanes of at least 4 members (excludes halogenated alkanes) is 7. The van der Waals surface area contributed by atoms with Crippen molar-refractivity contribution in [1.29, 1.82) is 0 Å². The van der Waals surface area contributed by atoms with E-state index in [0.717, 1.165) is 12.8 Å². The molecule has 0 saturated heterocycles. The number of hydrogen-bond acceptors (Lipinski definition) is 1. The van der Waals surface area contributed by atoms with Crippen LogP contribution in [0.5, 0.6) is 0 Å². The number of hydrogen-bond donors (Lipinski definition) is 1. The summed E-state index contributed by atoms with van der Waals surface area (Å²) < 4.78 is 0. The minimum absolute atomic E-state index is 0.00834. The molecule has 1 nitrogen and oxygen atoms in total. The zero-order chi connectivity index (χ0) is 15.2. The molecule has 1 fully saturated rings. The number of rotatable bonds is 14. The Hall–Kier alpha value is -0.560. The van der Waals surface area contributed by atoms with Gasteiger partial charge in [-0.05, 0) is 57.3 Å². The molecule has 0 heterocycles. The molecule has 0 aromatic carbocycles. The van der Waals surface area contributed by atoms with Gasteiger partial charge in [0.1, 0.15) is 0 Å². The van der Waals surface area contributed by atoms with Gasteiger partial charge in [-0.15, -0.1) is 0 Å². The van der Waals surface area contributed by atoms with Crippen molar-refractivity contribution < 1.29 is 5.11 Å². The fraction of sp³-hybridized carbons (Fsp3) is 0.800. The van der Waals surface area contributed by atoms with Gasteiger partial charge in [-0.3, -0.25) is 0 Å². The predicted molar refractivity (Wildman–Crippen MR) is 93.5 cm³/mol. The molecule has 1 saturated carbocycles. The molecule has 1 aliphatic carbocycles. The maximum Gasteiger partial charge on any atom is 0.0568 e. The van der Waals surface area contributed by atoms with Gasteiger partial charge in [0.2, 0.25) is 0 Å². The Kier molecular flexibility index (Phi) is 11.6. The second-order valence-corrected chi connectivity index (χ2v) is 6.57. The van der Waals surface area contributed by atoms with E-state index in [1.54, 1.807) is 0 Å². The summed E-state index contributed by atoms with van der Waals surface area (Å²) in [6.45, 7) is 2.25. The van der Waals surface area contributed by atoms with Crippen molar-refractivity contribution in [2.24, 2.45) is 5.92 Å². The fourth-order valence-corrected chi connectivity index (χ4v) is 2.70. The average molecular weight is 293 g/mol. The van der Waals surface area contributed by atoms with Crippen molar-refractivity contribution in [2.75, 3.05) is 0 Å². The Bertz CT molecular complexity index is 276. The molecule has 1 rings (SSSR count). The summed E-state index contributed by atoms with van der Waals surface area (Å²) in [5.74, 6) is 0.656. The predicted octanol–water partition coefficient (Wildman–Crippen LogP) is 6.18. The second-order valence-electron chi connectivity index (χ2n) is 6.57. The molecule has 0 spiro atoms. The maximum atomic E-state index is 9.76. The summed E-state index contributed by atoms with van der Waals surface area (Å²) in [4.78, 5) is 0. The third-order valence-electron chi connectivity index (χ3n) is 4.37. The Balaban J connectivity index is 1.77. The summed E-state index contributed by atoms with van der Waals surface area (Å²) in [7, 11) is 0. The summed E-state index contributed by atoms with van der Waals surface area (Å²) in [5.41, 5.74) is 0. The van der Waals surface area contributed by atoms with Crippen LogP contribution >= 0.6 is 0 Å². The van der Waals surface area contributed by atoms with Crippen molar-refractivity contribution in [2.45, 2.75) is 96.5 Å². The highest BCUT2D eigenvalue weighted by atomic mass is 16.3. The van der Waals surface area contributed by atoms with Crippen LogP contribution in [0.15, 0.2) is 24.3 Å². The Labute approximate surface area is 132 Å². The lowest BCUT2D eigenvalue weighted by Gasteiger charge is -2.07. The molecule has 0 amide bonds. The van der Waals surface area contributed by atoms with E-state index in [1.165, 1.54) is 70.6 Å². The van der Waals surface area contributed by atoms with Crippen molar-refractivity contribution in [3.63, 3.8) is 0 Å². The van der Waals surface area contributed by atoms with Gasteiger partial charge in [-0.2, -0.15) is 0 Å². The zero-order valence-electron chi connectivity index (χ0n) is 14.1. The first kappa shape index (κ1) is 18.5. The van der Waals surface area contributed by atoms with E-state index in [2.05, 4.69) is 31.2 Å². The Morgan fingerprint density at radius 2 is 1.48 bits per heavy atom. The first-order valence-electron chi connectivity index (χ1n) is 9.32. The molecule has 0 radical (unpaired) electrons. The van der Waals surface area contributed by atoms with Crippen molar-refractivity contribution in [3.05, 3.63) is 24.3 Å². The molecule has 0 aliphatic heterocycles. The molecular weight excluding hydrogens is 256 g/mol. The van der Waals surface area contributed by atoms with Crippen molar-refractivity contribution in [3.8, 4) is 0 Å². The van der Waals surface area contributed by atoms with Gasteiger partial charge >= 0.3 is 0 Å². The molecule has 0 aromatic rings. The number of aliphatic hydroxyl groups excluding tert-OH is 1. The molecule has 0 bridgehead atoms. The quantitative estimate of drug-likeness (QED) is 0.299. The zero-order valence-corrected chi connectivity index (χ0v) is 14.1. The number of aliphatic hydroxyl groups is 1. The summed E-state index contributed by atoms with van der Waals surface area (Å²) in [5, 5.41) is 9.76. The third kappa shape index (κ3) is 11.7. The van der Waals surface area contributed by atoms with Crippen molar-refractivity contribution in [1.82, 2.24) is 0 Å². The van der Waals surface area contributed by atoms with Gasteiger partial charge in [0.25, 0.3) is 0 Å². The van der Waals surface area contributed by atoms with Crippen molar-refractivity contribution >= 4 is 0 Å². The first-order chi connectivity index (χ1) is 10.3. The first-order valence-corrected chi connectivity index (χ1v) is 9.32. The SMILES string of the molecule is CCCCC/C=C\C/C=C\CCCCCCC(O)C1CC1. The van der Waals surface area contributed by atoms with E-state index in [0.29, 0.717) is 5.92 Å². The Morgan fingerprint density at radius 3 is 2.10 bits per heavy atom. The van der Waals surface area contributed by atoms with Crippen LogP contribution in [0.2, 0.25) is 0 Å². The molecule has 1 atom stereocenters. The molecule has 1 N–H and O–H groups in total. The van der Waals surface area contributed by atoms with Crippen LogP contribution in [0.4, 0.5) is 0 Å². The van der Waals surface area contributed by atoms with E-state index in [9.17, 15) is 5.11 Å². The van der Waals surface area contributed by atoms with E-state index in [-0.39, 0.29) is 6.10 Å². The van der Waals surface area contributed by atoms with Crippen LogP contribution in [-0.4, -0.2) is 11.2 Å². The van der Waals surface area contributed by atoms with Gasteiger partial charge in [0, 0.05) is 0 Å². The maximum absolute atomic E-state index is 9.76. The minimum Gasteiger partial charge on any atom is -0.393 e. The summed E-state index contributed by atoms with van der Waals surface area (Å²) in [6.07, 6.45) is 25.5. The van der Waals surface area contributed by atoms with Crippen LogP contribution < -0.4 is 0 Å². The van der Waals surface area contributed by atoms with Gasteiger partial charge in [-0.1, -0.05) is 63.3 Å². The van der Waals surface area contributed by atoms with Crippen LogP contribution in [0.1, 0.15) is 90.4 Å². The lowest BCUT2D eigenvalue weighted by molar-refractivity contribution is 0.138. The summed E-state index contributed by atoms with van der Waals surface area (Å²) >= 11 is 0. The highest BCUT2D eigenvalue weighted by molar-refractivity contribution is 4.92. The molecule has 1 heteroatoms. The van der Waals surface area contributed by atoms with Gasteiger partial charge in [0.05, 0.1) is 6.10 Å². The third-order valence-corrected chi connectivity index (χ3v) is 4.37. The molecule has 1 unspecified atom stereocenters. The largest absolute Gasteiger partial charge is 0.393 e. The molecule has 0 aromatic heterocycles. The van der Waals surface area contributed by atoms with Crippen LogP contribution in [0.25, 0.3) is 0 Å². The van der Waals surface area contributed by atoms with E-state index in [4.69, 9.17) is 0 Å². The molecule has 122 valence electrons. The monoisotopic (exact) mass is 292 g/mol. The Morgan fingerprint density at radius 1 is 0.857 bits per heavy atom. The topological polar surface area (TPSA) is 20.2 Å². The molecule has 1 aliphatic rings. The highest BCUT2D eigenvalue weighted by Crippen LogP contribution is 2.34. The molecule has 21 heavy (non-hydrogen) atoms. The van der Waals surface area contributed by atoms with Crippen LogP contribution in [0.3, 0.4) is 0 Å². The van der Waals surface area contributed by atoms with Crippen LogP contribution in [-0.2, 0) is 0 Å². The van der Waals surface area contributed by atoms with Gasteiger partial charge in [-0.25, -0.2) is 0 Å². The smallest absolute Gasteiger partial charge is 0.0568 e. The standard InChI is InChI=1S/C20H36O/c1-2-3-4-5-6-7-8-9-10-11-12-13-14-15-16-20(21)19-17-18-19/h6-7,9-10,19-21H,2-5,8,11-18H2,1H3/b7-6-,10-9-.